The summed E-state index contributed by atoms with van der Waals surface area (Å²) in [4.78, 5) is 0. The number of fused-ring (bicyclic) bond motifs is 4. The third-order valence-corrected chi connectivity index (χ3v) is 4.93. The van der Waals surface area contributed by atoms with E-state index in [0.717, 1.165) is 37.2 Å². The van der Waals surface area contributed by atoms with E-state index in [-0.39, 0.29) is 0 Å². The third kappa shape index (κ3) is 2.02. The first-order valence-electron chi connectivity index (χ1n) is 7.87. The van der Waals surface area contributed by atoms with Crippen LogP contribution < -0.4 is 9.47 Å². The van der Waals surface area contributed by atoms with Crippen molar-refractivity contribution in [2.75, 3.05) is 14.2 Å². The smallest absolute Gasteiger partial charge is 0.119 e. The minimum Gasteiger partial charge on any atom is -0.497 e. The van der Waals surface area contributed by atoms with E-state index in [1.807, 2.05) is 0 Å². The number of hydrogen-bond acceptors (Lipinski definition) is 2. The molecule has 2 aromatic rings. The van der Waals surface area contributed by atoms with Gasteiger partial charge in [0.25, 0.3) is 0 Å². The van der Waals surface area contributed by atoms with Crippen LogP contribution in [0.1, 0.15) is 35.1 Å². The Hall–Kier alpha value is -2.22. The molecule has 0 saturated carbocycles. The van der Waals surface area contributed by atoms with Gasteiger partial charge in [-0.3, -0.25) is 0 Å². The van der Waals surface area contributed by atoms with Crippen molar-refractivity contribution in [2.24, 2.45) is 0 Å². The highest BCUT2D eigenvalue weighted by molar-refractivity contribution is 5.96. The predicted octanol–water partition coefficient (Wildman–Crippen LogP) is 4.51. The molecule has 0 radical (unpaired) electrons. The Bertz CT molecular complexity index is 706. The van der Waals surface area contributed by atoms with E-state index in [9.17, 15) is 0 Å². The van der Waals surface area contributed by atoms with E-state index in [2.05, 4.69) is 36.4 Å². The van der Waals surface area contributed by atoms with Gasteiger partial charge in [-0.1, -0.05) is 12.1 Å². The van der Waals surface area contributed by atoms with Crippen LogP contribution in [0.4, 0.5) is 0 Å². The minimum atomic E-state index is 0.962. The van der Waals surface area contributed by atoms with Crippen LogP contribution in [-0.2, 0) is 12.8 Å². The molecule has 0 unspecified atom stereocenters. The Morgan fingerprint density at radius 2 is 1.09 bits per heavy atom. The van der Waals surface area contributed by atoms with Crippen molar-refractivity contribution >= 4 is 11.1 Å². The first kappa shape index (κ1) is 13.4. The average molecular weight is 292 g/mol. The van der Waals surface area contributed by atoms with Crippen molar-refractivity contribution in [3.63, 3.8) is 0 Å². The molecule has 0 spiro atoms. The fourth-order valence-corrected chi connectivity index (χ4v) is 3.81. The Kier molecular flexibility index (Phi) is 3.18. The van der Waals surface area contributed by atoms with Gasteiger partial charge in [0.15, 0.2) is 0 Å². The summed E-state index contributed by atoms with van der Waals surface area (Å²) in [6.45, 7) is 0. The second kappa shape index (κ2) is 5.20. The zero-order valence-electron chi connectivity index (χ0n) is 13.1. The van der Waals surface area contributed by atoms with Gasteiger partial charge in [-0.05, 0) is 83.3 Å². The maximum atomic E-state index is 5.37. The highest BCUT2D eigenvalue weighted by Gasteiger charge is 2.25. The molecule has 0 heterocycles. The Morgan fingerprint density at radius 1 is 0.636 bits per heavy atom. The van der Waals surface area contributed by atoms with Crippen molar-refractivity contribution in [1.82, 2.24) is 0 Å². The van der Waals surface area contributed by atoms with Gasteiger partial charge in [-0.15, -0.1) is 0 Å². The second-order valence-corrected chi connectivity index (χ2v) is 6.00. The second-order valence-electron chi connectivity index (χ2n) is 6.00. The molecule has 0 aliphatic heterocycles. The number of aryl methyl sites for hydroxylation is 2. The van der Waals surface area contributed by atoms with Crippen LogP contribution >= 0.6 is 0 Å². The van der Waals surface area contributed by atoms with E-state index in [0.29, 0.717) is 0 Å². The molecule has 4 rings (SSSR count). The molecule has 2 aliphatic rings. The number of allylic oxidation sites excluding steroid dienone is 2. The van der Waals surface area contributed by atoms with Crippen molar-refractivity contribution in [3.05, 3.63) is 58.7 Å². The summed E-state index contributed by atoms with van der Waals surface area (Å²) in [5.74, 6) is 1.92. The third-order valence-electron chi connectivity index (χ3n) is 4.93. The largest absolute Gasteiger partial charge is 0.497 e. The molecular formula is C20H20O2. The zero-order valence-corrected chi connectivity index (χ0v) is 13.1. The monoisotopic (exact) mass is 292 g/mol. The van der Waals surface area contributed by atoms with Gasteiger partial charge >= 0.3 is 0 Å². The van der Waals surface area contributed by atoms with Crippen LogP contribution in [-0.4, -0.2) is 14.2 Å². The Morgan fingerprint density at radius 3 is 1.50 bits per heavy atom. The summed E-state index contributed by atoms with van der Waals surface area (Å²) >= 11 is 0. The lowest BCUT2D eigenvalue weighted by Gasteiger charge is -2.29. The molecule has 0 N–H and O–H groups in total. The SMILES string of the molecule is COc1ccc2c(c1)CCC1=C2CCc2cc(OC)ccc21. The molecule has 2 nitrogen and oxygen atoms in total. The molecule has 2 aromatic carbocycles. The molecule has 22 heavy (non-hydrogen) atoms. The van der Waals surface area contributed by atoms with Gasteiger partial charge in [0.1, 0.15) is 11.5 Å². The number of rotatable bonds is 2. The van der Waals surface area contributed by atoms with E-state index >= 15 is 0 Å². The van der Waals surface area contributed by atoms with Crippen LogP contribution in [0.3, 0.4) is 0 Å². The van der Waals surface area contributed by atoms with Gasteiger partial charge in [0.2, 0.25) is 0 Å². The van der Waals surface area contributed by atoms with E-state index in [1.54, 1.807) is 14.2 Å². The Labute approximate surface area is 131 Å². The number of ether oxygens (including phenoxy) is 2. The molecule has 112 valence electrons. The van der Waals surface area contributed by atoms with E-state index in [1.165, 1.54) is 33.4 Å². The number of hydrogen-bond donors (Lipinski definition) is 0. The van der Waals surface area contributed by atoms with Crippen LogP contribution in [0.15, 0.2) is 36.4 Å². The molecule has 0 bridgehead atoms. The predicted molar refractivity (Wildman–Crippen MR) is 89.4 cm³/mol. The molecule has 2 heteroatoms. The summed E-state index contributed by atoms with van der Waals surface area (Å²) in [5, 5.41) is 0. The topological polar surface area (TPSA) is 18.5 Å². The summed E-state index contributed by atoms with van der Waals surface area (Å²) in [7, 11) is 3.47. The summed E-state index contributed by atoms with van der Waals surface area (Å²) in [6.07, 6.45) is 4.43. The first-order chi connectivity index (χ1) is 10.8. The van der Waals surface area contributed by atoms with Crippen LogP contribution in [0.2, 0.25) is 0 Å². The van der Waals surface area contributed by atoms with E-state index in [4.69, 9.17) is 9.47 Å². The summed E-state index contributed by atoms with van der Waals surface area (Å²) in [5.41, 5.74) is 8.75. The van der Waals surface area contributed by atoms with Crippen molar-refractivity contribution in [1.29, 1.82) is 0 Å². The van der Waals surface area contributed by atoms with Gasteiger partial charge in [-0.25, -0.2) is 0 Å². The zero-order chi connectivity index (χ0) is 15.1. The fourth-order valence-electron chi connectivity index (χ4n) is 3.81. The molecule has 0 atom stereocenters. The van der Waals surface area contributed by atoms with Crippen molar-refractivity contribution in [3.8, 4) is 11.5 Å². The molecule has 0 saturated heterocycles. The maximum absolute atomic E-state index is 5.37. The quantitative estimate of drug-likeness (QED) is 0.811. The number of methoxy groups -OCH3 is 2. The van der Waals surface area contributed by atoms with Gasteiger partial charge in [0.05, 0.1) is 14.2 Å². The van der Waals surface area contributed by atoms with Gasteiger partial charge < -0.3 is 9.47 Å². The fraction of sp³-hybridized carbons (Fsp3) is 0.300. The van der Waals surface area contributed by atoms with Crippen LogP contribution in [0.5, 0.6) is 11.5 Å². The maximum Gasteiger partial charge on any atom is 0.119 e. The highest BCUT2D eigenvalue weighted by atomic mass is 16.5. The minimum absolute atomic E-state index is 0.962. The van der Waals surface area contributed by atoms with Gasteiger partial charge in [0, 0.05) is 0 Å². The van der Waals surface area contributed by atoms with E-state index < -0.39 is 0 Å². The lowest BCUT2D eigenvalue weighted by Crippen LogP contribution is -2.11. The normalized spacial score (nSPS) is 15.7. The Balaban J connectivity index is 1.83. The first-order valence-corrected chi connectivity index (χ1v) is 7.87. The number of benzene rings is 2. The van der Waals surface area contributed by atoms with Crippen LogP contribution in [0, 0.1) is 0 Å². The molecule has 2 aliphatic carbocycles. The molecule has 0 aromatic heterocycles. The summed E-state index contributed by atoms with van der Waals surface area (Å²) in [6, 6.07) is 13.0. The highest BCUT2D eigenvalue weighted by Crippen LogP contribution is 2.44. The summed E-state index contributed by atoms with van der Waals surface area (Å²) < 4.78 is 10.7. The van der Waals surface area contributed by atoms with Gasteiger partial charge in [-0.2, -0.15) is 0 Å². The lowest BCUT2D eigenvalue weighted by molar-refractivity contribution is 0.414. The van der Waals surface area contributed by atoms with Crippen molar-refractivity contribution in [2.45, 2.75) is 25.7 Å². The molecular weight excluding hydrogens is 272 g/mol. The standard InChI is InChI=1S/C20H20O2/c1-21-15-5-9-17-13(11-15)3-7-20-18-10-6-16(22-2)12-14(18)4-8-19(17)20/h5-6,9-12H,3-4,7-8H2,1-2H3. The van der Waals surface area contributed by atoms with Crippen molar-refractivity contribution < 1.29 is 9.47 Å². The molecule has 0 fully saturated rings. The molecule has 0 amide bonds. The average Bonchev–Trinajstić information content (AvgIpc) is 2.59. The van der Waals surface area contributed by atoms with Crippen LogP contribution in [0.25, 0.3) is 11.1 Å². The lowest BCUT2D eigenvalue weighted by atomic mass is 9.75.